The third kappa shape index (κ3) is 2.81. The first-order chi connectivity index (χ1) is 9.17. The lowest BCUT2D eigenvalue weighted by Crippen LogP contribution is -2.20. The molecule has 0 aromatic carbocycles. The molecule has 0 bridgehead atoms. The Morgan fingerprint density at radius 1 is 1.53 bits per heavy atom. The quantitative estimate of drug-likeness (QED) is 0.844. The predicted octanol–water partition coefficient (Wildman–Crippen LogP) is 1.70. The molecular weight excluding hydrogens is 264 g/mol. The van der Waals surface area contributed by atoms with Gasteiger partial charge in [-0.25, -0.2) is 0 Å². The molecule has 0 spiro atoms. The zero-order chi connectivity index (χ0) is 13.8. The van der Waals surface area contributed by atoms with E-state index in [0.29, 0.717) is 5.75 Å². The van der Waals surface area contributed by atoms with Crippen LogP contribution in [0.2, 0.25) is 0 Å². The van der Waals surface area contributed by atoms with Crippen LogP contribution in [0.3, 0.4) is 0 Å². The Hall–Kier alpha value is -1.76. The molecule has 0 aliphatic heterocycles. The molecule has 0 fully saturated rings. The maximum Gasteiger partial charge on any atom is 0.230 e. The number of aromatic nitrogens is 3. The van der Waals surface area contributed by atoms with E-state index < -0.39 is 0 Å². The first kappa shape index (κ1) is 13.7. The Bertz CT molecular complexity index is 576. The highest BCUT2D eigenvalue weighted by Gasteiger charge is 2.16. The van der Waals surface area contributed by atoms with Crippen molar-refractivity contribution in [1.82, 2.24) is 20.1 Å². The van der Waals surface area contributed by atoms with Gasteiger partial charge in [0.05, 0.1) is 17.6 Å². The lowest BCUT2D eigenvalue weighted by molar-refractivity contribution is -0.118. The highest BCUT2D eigenvalue weighted by Crippen LogP contribution is 2.26. The zero-order valence-corrected chi connectivity index (χ0v) is 12.0. The van der Waals surface area contributed by atoms with Gasteiger partial charge in [-0.3, -0.25) is 4.79 Å². The van der Waals surface area contributed by atoms with Gasteiger partial charge in [0.25, 0.3) is 0 Å². The maximum atomic E-state index is 11.3. The van der Waals surface area contributed by atoms with Crippen molar-refractivity contribution in [2.45, 2.75) is 25.5 Å². The molecular formula is C12H16N4O2S. The van der Waals surface area contributed by atoms with Crippen LogP contribution in [0.4, 0.5) is 0 Å². The smallest absolute Gasteiger partial charge is 0.230 e. The van der Waals surface area contributed by atoms with Gasteiger partial charge in [0.15, 0.2) is 11.0 Å². The summed E-state index contributed by atoms with van der Waals surface area (Å²) >= 11 is 1.37. The standard InChI is InChI=1S/C12H16N4O2S/c1-4-16-11(9-5-6-18-8(9)2)14-15-12(16)19-7-10(17)13-3/h5-6H,4,7H2,1-3H3,(H,13,17). The Morgan fingerprint density at radius 3 is 2.89 bits per heavy atom. The van der Waals surface area contributed by atoms with Gasteiger partial charge in [0.1, 0.15) is 5.76 Å². The van der Waals surface area contributed by atoms with Crippen LogP contribution in [0.25, 0.3) is 11.4 Å². The number of hydrogen-bond donors (Lipinski definition) is 1. The van der Waals surface area contributed by atoms with Gasteiger partial charge >= 0.3 is 0 Å². The molecule has 0 atom stereocenters. The van der Waals surface area contributed by atoms with Gasteiger partial charge in [-0.15, -0.1) is 10.2 Å². The average Bonchev–Trinajstić information content (AvgIpc) is 3.00. The number of carbonyl (C=O) groups excluding carboxylic acids is 1. The second-order valence-corrected chi connectivity index (χ2v) is 4.85. The van der Waals surface area contributed by atoms with E-state index in [0.717, 1.165) is 28.8 Å². The number of thioether (sulfide) groups is 1. The fourth-order valence-electron chi connectivity index (χ4n) is 1.70. The number of rotatable bonds is 5. The third-order valence-corrected chi connectivity index (χ3v) is 3.71. The van der Waals surface area contributed by atoms with Crippen LogP contribution in [0.15, 0.2) is 21.9 Å². The number of furan rings is 1. The summed E-state index contributed by atoms with van der Waals surface area (Å²) in [5.74, 6) is 1.88. The summed E-state index contributed by atoms with van der Waals surface area (Å²) in [7, 11) is 1.62. The summed E-state index contributed by atoms with van der Waals surface area (Å²) in [5, 5.41) is 11.7. The van der Waals surface area contributed by atoms with E-state index in [1.54, 1.807) is 13.3 Å². The summed E-state index contributed by atoms with van der Waals surface area (Å²) in [4.78, 5) is 11.3. The molecule has 0 radical (unpaired) electrons. The van der Waals surface area contributed by atoms with E-state index in [2.05, 4.69) is 15.5 Å². The monoisotopic (exact) mass is 280 g/mol. The van der Waals surface area contributed by atoms with Crippen LogP contribution in [-0.4, -0.2) is 33.5 Å². The van der Waals surface area contributed by atoms with E-state index in [1.807, 2.05) is 24.5 Å². The maximum absolute atomic E-state index is 11.3. The van der Waals surface area contributed by atoms with Crippen molar-refractivity contribution in [1.29, 1.82) is 0 Å². The van der Waals surface area contributed by atoms with Crippen LogP contribution < -0.4 is 5.32 Å². The van der Waals surface area contributed by atoms with Crippen molar-refractivity contribution in [3.63, 3.8) is 0 Å². The number of nitrogens with zero attached hydrogens (tertiary/aromatic N) is 3. The SMILES string of the molecule is CCn1c(SCC(=O)NC)nnc1-c1ccoc1C. The van der Waals surface area contributed by atoms with Crippen LogP contribution in [0.1, 0.15) is 12.7 Å². The van der Waals surface area contributed by atoms with E-state index in [1.165, 1.54) is 11.8 Å². The van der Waals surface area contributed by atoms with E-state index in [4.69, 9.17) is 4.42 Å². The summed E-state index contributed by atoms with van der Waals surface area (Å²) < 4.78 is 7.27. The van der Waals surface area contributed by atoms with Crippen LogP contribution in [0, 0.1) is 6.92 Å². The van der Waals surface area contributed by atoms with Crippen molar-refractivity contribution in [3.05, 3.63) is 18.1 Å². The number of carbonyl (C=O) groups is 1. The normalized spacial score (nSPS) is 10.7. The van der Waals surface area contributed by atoms with Gasteiger partial charge in [-0.05, 0) is 19.9 Å². The Labute approximate surface area is 115 Å². The van der Waals surface area contributed by atoms with Crippen molar-refractivity contribution in [2.75, 3.05) is 12.8 Å². The average molecular weight is 280 g/mol. The largest absolute Gasteiger partial charge is 0.469 e. The minimum atomic E-state index is -0.0308. The molecule has 6 nitrogen and oxygen atoms in total. The second-order valence-electron chi connectivity index (χ2n) is 3.90. The Morgan fingerprint density at radius 2 is 2.32 bits per heavy atom. The first-order valence-electron chi connectivity index (χ1n) is 5.98. The van der Waals surface area contributed by atoms with Crippen LogP contribution in [0.5, 0.6) is 0 Å². The number of nitrogens with one attached hydrogen (secondary N) is 1. The molecule has 1 amide bonds. The van der Waals surface area contributed by atoms with E-state index in [9.17, 15) is 4.79 Å². The number of hydrogen-bond acceptors (Lipinski definition) is 5. The summed E-state index contributed by atoms with van der Waals surface area (Å²) in [5.41, 5.74) is 0.932. The molecule has 0 saturated carbocycles. The molecule has 0 aliphatic rings. The second kappa shape index (κ2) is 5.92. The predicted molar refractivity (Wildman–Crippen MR) is 72.9 cm³/mol. The van der Waals surface area contributed by atoms with Crippen molar-refractivity contribution < 1.29 is 9.21 Å². The van der Waals surface area contributed by atoms with Crippen LogP contribution >= 0.6 is 11.8 Å². The van der Waals surface area contributed by atoms with Gasteiger partial charge in [0, 0.05) is 13.6 Å². The van der Waals surface area contributed by atoms with Crippen molar-refractivity contribution in [3.8, 4) is 11.4 Å². The topological polar surface area (TPSA) is 73.0 Å². The fourth-order valence-corrected chi connectivity index (χ4v) is 2.57. The first-order valence-corrected chi connectivity index (χ1v) is 6.97. The molecule has 2 aromatic rings. The molecule has 2 aromatic heterocycles. The highest BCUT2D eigenvalue weighted by atomic mass is 32.2. The van der Waals surface area contributed by atoms with Gasteiger partial charge < -0.3 is 14.3 Å². The van der Waals surface area contributed by atoms with E-state index in [-0.39, 0.29) is 5.91 Å². The third-order valence-electron chi connectivity index (χ3n) is 2.74. The molecule has 2 rings (SSSR count). The summed E-state index contributed by atoms with van der Waals surface area (Å²) in [6.07, 6.45) is 1.64. The van der Waals surface area contributed by atoms with Gasteiger partial charge in [-0.1, -0.05) is 11.8 Å². The molecule has 2 heterocycles. The minimum absolute atomic E-state index is 0.0308. The van der Waals surface area contributed by atoms with E-state index >= 15 is 0 Å². The van der Waals surface area contributed by atoms with Crippen LogP contribution in [-0.2, 0) is 11.3 Å². The van der Waals surface area contributed by atoms with Gasteiger partial charge in [-0.2, -0.15) is 0 Å². The lowest BCUT2D eigenvalue weighted by Gasteiger charge is -2.06. The molecule has 7 heteroatoms. The molecule has 0 saturated heterocycles. The summed E-state index contributed by atoms with van der Waals surface area (Å²) in [6.45, 7) is 4.65. The lowest BCUT2D eigenvalue weighted by atomic mass is 10.2. The molecule has 0 unspecified atom stereocenters. The molecule has 0 aliphatic carbocycles. The molecule has 102 valence electrons. The molecule has 19 heavy (non-hydrogen) atoms. The highest BCUT2D eigenvalue weighted by molar-refractivity contribution is 7.99. The number of amides is 1. The fraction of sp³-hybridized carbons (Fsp3) is 0.417. The zero-order valence-electron chi connectivity index (χ0n) is 11.1. The Kier molecular flexibility index (Phi) is 4.26. The van der Waals surface area contributed by atoms with Crippen molar-refractivity contribution in [2.24, 2.45) is 0 Å². The summed E-state index contributed by atoms with van der Waals surface area (Å²) in [6, 6.07) is 1.87. The number of aryl methyl sites for hydroxylation is 1. The Balaban J connectivity index is 2.26. The minimum Gasteiger partial charge on any atom is -0.469 e. The van der Waals surface area contributed by atoms with Crippen molar-refractivity contribution >= 4 is 17.7 Å². The van der Waals surface area contributed by atoms with Gasteiger partial charge in [0.2, 0.25) is 5.91 Å². The molecule has 1 N–H and O–H groups in total.